The van der Waals surface area contributed by atoms with Crippen molar-refractivity contribution in [3.05, 3.63) is 0 Å². The molecule has 0 fully saturated rings. The van der Waals surface area contributed by atoms with Gasteiger partial charge in [-0.05, 0) is 37.3 Å². The van der Waals surface area contributed by atoms with E-state index in [9.17, 15) is 0 Å². The predicted octanol–water partition coefficient (Wildman–Crippen LogP) is 2.25. The van der Waals surface area contributed by atoms with Crippen LogP contribution in [0.4, 0.5) is 0 Å². The highest BCUT2D eigenvalue weighted by molar-refractivity contribution is 7.99. The predicted molar refractivity (Wildman–Crippen MR) is 104 cm³/mol. The van der Waals surface area contributed by atoms with Gasteiger partial charge in [0.05, 0.1) is 0 Å². The summed E-state index contributed by atoms with van der Waals surface area (Å²) >= 11 is 12.3. The highest BCUT2D eigenvalue weighted by Crippen LogP contribution is 1.96. The van der Waals surface area contributed by atoms with Crippen LogP contribution in [0.1, 0.15) is 39.5 Å². The van der Waals surface area contributed by atoms with Crippen LogP contribution in [0.15, 0.2) is 0 Å². The standard InChI is InChI=1S/C14H30N4S3/c1-3-5-7-15-13(19)17-9-11-21-12-10-18-14(20)16-8-6-4-2/h3-12H2,1-2H3,(H2,15,17,19)(H2,16,18,20). The van der Waals surface area contributed by atoms with Gasteiger partial charge in [0.2, 0.25) is 0 Å². The number of hydrogen-bond acceptors (Lipinski definition) is 3. The molecule has 0 saturated heterocycles. The molecule has 0 unspecified atom stereocenters. The molecule has 21 heavy (non-hydrogen) atoms. The van der Waals surface area contributed by atoms with E-state index in [0.29, 0.717) is 0 Å². The van der Waals surface area contributed by atoms with Crippen LogP contribution >= 0.6 is 36.2 Å². The molecular formula is C14H30N4S3. The number of thioether (sulfide) groups is 1. The van der Waals surface area contributed by atoms with E-state index in [1.165, 1.54) is 12.8 Å². The Balaban J connectivity index is 3.24. The van der Waals surface area contributed by atoms with Crippen LogP contribution in [0.3, 0.4) is 0 Å². The normalized spacial score (nSPS) is 10.0. The molecule has 0 bridgehead atoms. The van der Waals surface area contributed by atoms with E-state index in [0.717, 1.165) is 60.8 Å². The van der Waals surface area contributed by atoms with E-state index in [4.69, 9.17) is 24.4 Å². The lowest BCUT2D eigenvalue weighted by Gasteiger charge is -2.11. The molecule has 0 heterocycles. The Bertz CT molecular complexity index is 249. The van der Waals surface area contributed by atoms with Crippen LogP contribution in [-0.4, -0.2) is 47.9 Å². The smallest absolute Gasteiger partial charge is 0.166 e. The molecule has 0 aromatic heterocycles. The molecule has 0 atom stereocenters. The molecular weight excluding hydrogens is 320 g/mol. The van der Waals surface area contributed by atoms with Gasteiger partial charge in [0, 0.05) is 37.7 Å². The number of hydrogen-bond donors (Lipinski definition) is 4. The zero-order chi connectivity index (χ0) is 15.8. The first-order valence-electron chi connectivity index (χ1n) is 7.81. The number of unbranched alkanes of at least 4 members (excludes halogenated alkanes) is 2. The molecule has 0 aromatic carbocycles. The maximum Gasteiger partial charge on any atom is 0.166 e. The average Bonchev–Trinajstić information content (AvgIpc) is 2.47. The maximum atomic E-state index is 5.18. The summed E-state index contributed by atoms with van der Waals surface area (Å²) in [5, 5.41) is 14.4. The fourth-order valence-corrected chi connectivity index (χ4v) is 2.56. The van der Waals surface area contributed by atoms with Crippen molar-refractivity contribution in [3.8, 4) is 0 Å². The van der Waals surface area contributed by atoms with E-state index < -0.39 is 0 Å². The van der Waals surface area contributed by atoms with E-state index in [1.807, 2.05) is 11.8 Å². The van der Waals surface area contributed by atoms with Crippen molar-refractivity contribution in [1.29, 1.82) is 0 Å². The fourth-order valence-electron chi connectivity index (χ4n) is 1.46. The Morgan fingerprint density at radius 2 is 1.10 bits per heavy atom. The topological polar surface area (TPSA) is 48.1 Å². The second-order valence-electron chi connectivity index (χ2n) is 4.68. The van der Waals surface area contributed by atoms with E-state index in [2.05, 4.69) is 35.1 Å². The van der Waals surface area contributed by atoms with Gasteiger partial charge in [-0.1, -0.05) is 26.7 Å². The van der Waals surface area contributed by atoms with Gasteiger partial charge in [0.1, 0.15) is 0 Å². The minimum Gasteiger partial charge on any atom is -0.363 e. The number of nitrogens with one attached hydrogen (secondary N) is 4. The molecule has 0 rings (SSSR count). The van der Waals surface area contributed by atoms with Crippen molar-refractivity contribution in [2.24, 2.45) is 0 Å². The first-order chi connectivity index (χ1) is 10.2. The second kappa shape index (κ2) is 16.1. The average molecular weight is 351 g/mol. The molecule has 0 spiro atoms. The third-order valence-electron chi connectivity index (χ3n) is 2.70. The van der Waals surface area contributed by atoms with Gasteiger partial charge in [-0.25, -0.2) is 0 Å². The molecule has 0 aliphatic carbocycles. The van der Waals surface area contributed by atoms with Crippen LogP contribution in [0, 0.1) is 0 Å². The molecule has 0 amide bonds. The molecule has 0 aromatic rings. The quantitative estimate of drug-likeness (QED) is 0.318. The Hall–Kier alpha value is -0.270. The highest BCUT2D eigenvalue weighted by atomic mass is 32.2. The summed E-state index contributed by atoms with van der Waals surface area (Å²) in [6, 6.07) is 0. The van der Waals surface area contributed by atoms with Crippen molar-refractivity contribution < 1.29 is 0 Å². The van der Waals surface area contributed by atoms with Gasteiger partial charge in [-0.15, -0.1) is 0 Å². The van der Waals surface area contributed by atoms with Crippen molar-refractivity contribution in [2.45, 2.75) is 39.5 Å². The van der Waals surface area contributed by atoms with Crippen LogP contribution < -0.4 is 21.3 Å². The summed E-state index contributed by atoms with van der Waals surface area (Å²) in [6.45, 7) is 8.08. The first-order valence-corrected chi connectivity index (χ1v) is 9.79. The lowest BCUT2D eigenvalue weighted by molar-refractivity contribution is 0.743. The molecule has 0 saturated carbocycles. The summed E-state index contributed by atoms with van der Waals surface area (Å²) in [5.74, 6) is 2.10. The van der Waals surface area contributed by atoms with Crippen LogP contribution in [-0.2, 0) is 0 Å². The Morgan fingerprint density at radius 1 is 0.714 bits per heavy atom. The Morgan fingerprint density at radius 3 is 1.48 bits per heavy atom. The molecule has 0 aliphatic rings. The molecule has 0 radical (unpaired) electrons. The molecule has 4 nitrogen and oxygen atoms in total. The molecule has 4 N–H and O–H groups in total. The Labute approximate surface area is 145 Å². The molecule has 0 aliphatic heterocycles. The Kier molecular flexibility index (Phi) is 15.9. The van der Waals surface area contributed by atoms with Gasteiger partial charge in [-0.2, -0.15) is 11.8 Å². The third kappa shape index (κ3) is 15.9. The van der Waals surface area contributed by atoms with Crippen LogP contribution in [0.2, 0.25) is 0 Å². The summed E-state index contributed by atoms with van der Waals surface area (Å²) in [4.78, 5) is 0. The third-order valence-corrected chi connectivity index (χ3v) is 4.26. The summed E-state index contributed by atoms with van der Waals surface area (Å²) in [6.07, 6.45) is 4.70. The van der Waals surface area contributed by atoms with E-state index in [1.54, 1.807) is 0 Å². The number of thiocarbonyl (C=S) groups is 2. The van der Waals surface area contributed by atoms with Gasteiger partial charge in [-0.3, -0.25) is 0 Å². The van der Waals surface area contributed by atoms with Crippen molar-refractivity contribution >= 4 is 46.4 Å². The SMILES string of the molecule is CCCCNC(=S)NCCSCCNC(=S)NCCCC. The maximum absolute atomic E-state index is 5.18. The van der Waals surface area contributed by atoms with Gasteiger partial charge in [0.15, 0.2) is 10.2 Å². The largest absolute Gasteiger partial charge is 0.363 e. The molecule has 7 heteroatoms. The lowest BCUT2D eigenvalue weighted by Crippen LogP contribution is -2.37. The van der Waals surface area contributed by atoms with Gasteiger partial charge >= 0.3 is 0 Å². The van der Waals surface area contributed by atoms with Crippen molar-refractivity contribution in [1.82, 2.24) is 21.3 Å². The fraction of sp³-hybridized carbons (Fsp3) is 0.857. The molecule has 124 valence electrons. The highest BCUT2D eigenvalue weighted by Gasteiger charge is 1.96. The van der Waals surface area contributed by atoms with Crippen LogP contribution in [0.5, 0.6) is 0 Å². The monoisotopic (exact) mass is 350 g/mol. The van der Waals surface area contributed by atoms with E-state index >= 15 is 0 Å². The van der Waals surface area contributed by atoms with Crippen molar-refractivity contribution in [2.75, 3.05) is 37.7 Å². The summed E-state index contributed by atoms with van der Waals surface area (Å²) in [7, 11) is 0. The lowest BCUT2D eigenvalue weighted by atomic mass is 10.3. The number of rotatable bonds is 12. The second-order valence-corrected chi connectivity index (χ2v) is 6.73. The minimum absolute atomic E-state index is 0.767. The van der Waals surface area contributed by atoms with Crippen molar-refractivity contribution in [3.63, 3.8) is 0 Å². The zero-order valence-electron chi connectivity index (χ0n) is 13.3. The summed E-state index contributed by atoms with van der Waals surface area (Å²) < 4.78 is 0. The zero-order valence-corrected chi connectivity index (χ0v) is 15.7. The first kappa shape index (κ1) is 20.7. The van der Waals surface area contributed by atoms with Crippen LogP contribution in [0.25, 0.3) is 0 Å². The minimum atomic E-state index is 0.767. The summed E-state index contributed by atoms with van der Waals surface area (Å²) in [5.41, 5.74) is 0. The van der Waals surface area contributed by atoms with Gasteiger partial charge in [0.25, 0.3) is 0 Å². The van der Waals surface area contributed by atoms with Gasteiger partial charge < -0.3 is 21.3 Å². The van der Waals surface area contributed by atoms with E-state index in [-0.39, 0.29) is 0 Å².